The van der Waals surface area contributed by atoms with Gasteiger partial charge in [0.2, 0.25) is 11.8 Å². The minimum atomic E-state index is -0.821. The van der Waals surface area contributed by atoms with E-state index < -0.39 is 12.1 Å². The second-order valence-electron chi connectivity index (χ2n) is 5.36. The third-order valence-corrected chi connectivity index (χ3v) is 3.67. The number of nitrogens with one attached hydrogen (secondary N) is 2. The summed E-state index contributed by atoms with van der Waals surface area (Å²) < 4.78 is 10.5. The summed E-state index contributed by atoms with van der Waals surface area (Å²) in [5.74, 6) is 0.316. The van der Waals surface area contributed by atoms with Gasteiger partial charge in [0.05, 0.1) is 12.6 Å². The minimum absolute atomic E-state index is 0.112. The van der Waals surface area contributed by atoms with Gasteiger partial charge in [-0.05, 0) is 5.56 Å². The lowest BCUT2D eigenvalue weighted by atomic mass is 9.99. The van der Waals surface area contributed by atoms with E-state index in [4.69, 9.17) is 9.26 Å². The van der Waals surface area contributed by atoms with Gasteiger partial charge in [-0.25, -0.2) is 0 Å². The van der Waals surface area contributed by atoms with E-state index in [2.05, 4.69) is 20.8 Å². The predicted octanol–water partition coefficient (Wildman–Crippen LogP) is 0.504. The molecule has 0 unspecified atom stereocenters. The smallest absolute Gasteiger partial charge is 0.252 e. The van der Waals surface area contributed by atoms with Crippen LogP contribution in [0.25, 0.3) is 0 Å². The van der Waals surface area contributed by atoms with E-state index in [9.17, 15) is 9.59 Å². The molecule has 1 aliphatic rings. The Morgan fingerprint density at radius 2 is 2.17 bits per heavy atom. The van der Waals surface area contributed by atoms with E-state index >= 15 is 0 Å². The SMILES string of the molecule is CCc1noc(CNC(=O)[C@H]2OCC(=O)N[C@@H]2c2ccccc2)n1. The molecule has 0 bridgehead atoms. The number of hydrogen-bond donors (Lipinski definition) is 2. The number of ether oxygens (including phenoxy) is 1. The van der Waals surface area contributed by atoms with Crippen LogP contribution in [0.3, 0.4) is 0 Å². The molecule has 2 amide bonds. The number of nitrogens with zero attached hydrogens (tertiary/aromatic N) is 2. The topological polar surface area (TPSA) is 106 Å². The molecule has 0 radical (unpaired) electrons. The van der Waals surface area contributed by atoms with Gasteiger partial charge in [-0.2, -0.15) is 4.98 Å². The molecule has 1 aliphatic heterocycles. The van der Waals surface area contributed by atoms with Crippen LogP contribution < -0.4 is 10.6 Å². The van der Waals surface area contributed by atoms with Crippen LogP contribution in [0.2, 0.25) is 0 Å². The molecule has 3 rings (SSSR count). The van der Waals surface area contributed by atoms with Crippen LogP contribution >= 0.6 is 0 Å². The number of aromatic nitrogens is 2. The van der Waals surface area contributed by atoms with Gasteiger partial charge < -0.3 is 19.9 Å². The van der Waals surface area contributed by atoms with Gasteiger partial charge in [0.1, 0.15) is 6.61 Å². The van der Waals surface area contributed by atoms with Crippen LogP contribution in [0.15, 0.2) is 34.9 Å². The summed E-state index contributed by atoms with van der Waals surface area (Å²) in [5, 5.41) is 9.28. The summed E-state index contributed by atoms with van der Waals surface area (Å²) in [6, 6.07) is 8.69. The first-order valence-corrected chi connectivity index (χ1v) is 7.72. The van der Waals surface area contributed by atoms with E-state index in [1.807, 2.05) is 37.3 Å². The Kier molecular flexibility index (Phi) is 4.85. The van der Waals surface area contributed by atoms with Crippen molar-refractivity contribution in [2.24, 2.45) is 0 Å². The summed E-state index contributed by atoms with van der Waals surface area (Å²) in [4.78, 5) is 28.2. The van der Waals surface area contributed by atoms with Crippen molar-refractivity contribution in [2.45, 2.75) is 32.0 Å². The van der Waals surface area contributed by atoms with Crippen molar-refractivity contribution in [2.75, 3.05) is 6.61 Å². The van der Waals surface area contributed by atoms with Crippen molar-refractivity contribution < 1.29 is 18.8 Å². The maximum atomic E-state index is 12.5. The number of rotatable bonds is 5. The number of morpholine rings is 1. The first kappa shape index (κ1) is 16.1. The molecule has 1 aromatic heterocycles. The molecule has 2 aromatic rings. The number of benzene rings is 1. The molecule has 2 N–H and O–H groups in total. The summed E-state index contributed by atoms with van der Waals surface area (Å²) >= 11 is 0. The van der Waals surface area contributed by atoms with E-state index in [0.717, 1.165) is 5.56 Å². The third-order valence-electron chi connectivity index (χ3n) is 3.67. The molecule has 2 atom stereocenters. The lowest BCUT2D eigenvalue weighted by molar-refractivity contribution is -0.148. The number of hydrogen-bond acceptors (Lipinski definition) is 6. The van der Waals surface area contributed by atoms with Gasteiger partial charge in [-0.1, -0.05) is 42.4 Å². The molecule has 24 heavy (non-hydrogen) atoms. The predicted molar refractivity (Wildman–Crippen MR) is 82.6 cm³/mol. The third kappa shape index (κ3) is 3.60. The Balaban J connectivity index is 1.68. The second-order valence-corrected chi connectivity index (χ2v) is 5.36. The number of carbonyl (C=O) groups is 2. The van der Waals surface area contributed by atoms with Crippen molar-refractivity contribution in [3.63, 3.8) is 0 Å². The van der Waals surface area contributed by atoms with Crippen molar-refractivity contribution in [1.82, 2.24) is 20.8 Å². The molecule has 1 aromatic carbocycles. The molecule has 8 nitrogen and oxygen atoms in total. The first-order valence-electron chi connectivity index (χ1n) is 7.72. The van der Waals surface area contributed by atoms with Gasteiger partial charge in [-0.3, -0.25) is 9.59 Å². The van der Waals surface area contributed by atoms with Gasteiger partial charge in [0.25, 0.3) is 5.91 Å². The Hall–Kier alpha value is -2.74. The van der Waals surface area contributed by atoms with E-state index in [-0.39, 0.29) is 25.0 Å². The van der Waals surface area contributed by atoms with E-state index in [0.29, 0.717) is 18.1 Å². The lowest BCUT2D eigenvalue weighted by Crippen LogP contribution is -2.52. The highest BCUT2D eigenvalue weighted by Gasteiger charge is 2.36. The molecule has 1 fully saturated rings. The Morgan fingerprint density at radius 1 is 1.38 bits per heavy atom. The lowest BCUT2D eigenvalue weighted by Gasteiger charge is -2.31. The zero-order chi connectivity index (χ0) is 16.9. The molecule has 8 heteroatoms. The van der Waals surface area contributed by atoms with Gasteiger partial charge in [0, 0.05) is 6.42 Å². The van der Waals surface area contributed by atoms with E-state index in [1.54, 1.807) is 0 Å². The summed E-state index contributed by atoms with van der Waals surface area (Å²) in [6.45, 7) is 1.87. The van der Waals surface area contributed by atoms with Crippen LogP contribution in [0, 0.1) is 0 Å². The van der Waals surface area contributed by atoms with Gasteiger partial charge in [-0.15, -0.1) is 0 Å². The van der Waals surface area contributed by atoms with Crippen LogP contribution in [-0.2, 0) is 27.3 Å². The van der Waals surface area contributed by atoms with Crippen molar-refractivity contribution in [3.05, 3.63) is 47.6 Å². The number of amides is 2. The fourth-order valence-corrected chi connectivity index (χ4v) is 2.47. The Labute approximate surface area is 138 Å². The first-order chi connectivity index (χ1) is 11.7. The zero-order valence-electron chi connectivity index (χ0n) is 13.2. The van der Waals surface area contributed by atoms with Crippen molar-refractivity contribution in [3.8, 4) is 0 Å². The van der Waals surface area contributed by atoms with Crippen LogP contribution in [-0.4, -0.2) is 34.7 Å². The summed E-state index contributed by atoms with van der Waals surface area (Å²) in [5.41, 5.74) is 0.803. The molecule has 2 heterocycles. The molecule has 0 spiro atoms. The average molecular weight is 330 g/mol. The average Bonchev–Trinajstić information content (AvgIpc) is 3.08. The maximum absolute atomic E-state index is 12.5. The highest BCUT2D eigenvalue weighted by Crippen LogP contribution is 2.22. The zero-order valence-corrected chi connectivity index (χ0v) is 13.2. The number of aryl methyl sites for hydroxylation is 1. The molecule has 0 saturated carbocycles. The molecule has 1 saturated heterocycles. The summed E-state index contributed by atoms with van der Waals surface area (Å²) in [7, 11) is 0. The largest absolute Gasteiger partial charge is 0.356 e. The number of carbonyl (C=O) groups excluding carboxylic acids is 2. The maximum Gasteiger partial charge on any atom is 0.252 e. The molecular formula is C16H18N4O4. The van der Waals surface area contributed by atoms with Gasteiger partial charge >= 0.3 is 0 Å². The molecular weight excluding hydrogens is 312 g/mol. The molecule has 126 valence electrons. The Bertz CT molecular complexity index is 716. The Morgan fingerprint density at radius 3 is 2.88 bits per heavy atom. The monoisotopic (exact) mass is 330 g/mol. The second kappa shape index (κ2) is 7.22. The fraction of sp³-hybridized carbons (Fsp3) is 0.375. The van der Waals surface area contributed by atoms with Crippen molar-refractivity contribution >= 4 is 11.8 Å². The quantitative estimate of drug-likeness (QED) is 0.827. The normalized spacial score (nSPS) is 20.5. The fourth-order valence-electron chi connectivity index (χ4n) is 2.47. The van der Waals surface area contributed by atoms with Crippen LogP contribution in [0.1, 0.15) is 30.2 Å². The van der Waals surface area contributed by atoms with Crippen LogP contribution in [0.5, 0.6) is 0 Å². The van der Waals surface area contributed by atoms with E-state index in [1.165, 1.54) is 0 Å². The minimum Gasteiger partial charge on any atom is -0.356 e. The van der Waals surface area contributed by atoms with Gasteiger partial charge in [0.15, 0.2) is 11.9 Å². The summed E-state index contributed by atoms with van der Waals surface area (Å²) in [6.07, 6.45) is -0.163. The van der Waals surface area contributed by atoms with Crippen molar-refractivity contribution in [1.29, 1.82) is 0 Å². The highest BCUT2D eigenvalue weighted by atomic mass is 16.5. The molecule has 0 aliphatic carbocycles. The highest BCUT2D eigenvalue weighted by molar-refractivity contribution is 5.86. The standard InChI is InChI=1S/C16H18N4O4/c1-2-11-18-13(24-20-11)8-17-16(22)15-14(19-12(21)9-23-15)10-6-4-3-5-7-10/h3-7,14-15H,2,8-9H2,1H3,(H,17,22)(H,19,21)/t14-,15+/m1/s1. The van der Waals surface area contributed by atoms with Crippen LogP contribution in [0.4, 0.5) is 0 Å².